The minimum Gasteiger partial charge on any atom is -0.468 e. The summed E-state index contributed by atoms with van der Waals surface area (Å²) in [6.45, 7) is 2.74. The molecule has 0 atom stereocenters. The Hall–Kier alpha value is -1.79. The first-order valence-corrected chi connectivity index (χ1v) is 7.07. The highest BCUT2D eigenvalue weighted by atomic mass is 35.5. The standard InChI is InChI=1S/C14H18ClN3O3/c1-21-13(19)10-17-6-8-18(9-7-17)14(20)16-12-4-2-11(15)3-5-12/h2-5H,6-10H2,1H3,(H,16,20). The van der Waals surface area contributed by atoms with Crippen molar-refractivity contribution in [3.8, 4) is 0 Å². The van der Waals surface area contributed by atoms with Crippen molar-refractivity contribution >= 4 is 29.3 Å². The summed E-state index contributed by atoms with van der Waals surface area (Å²) >= 11 is 5.80. The number of hydrogen-bond donors (Lipinski definition) is 1. The van der Waals surface area contributed by atoms with Crippen LogP contribution in [0, 0.1) is 0 Å². The van der Waals surface area contributed by atoms with Crippen LogP contribution in [0.1, 0.15) is 0 Å². The van der Waals surface area contributed by atoms with Gasteiger partial charge in [-0.25, -0.2) is 4.79 Å². The quantitative estimate of drug-likeness (QED) is 0.863. The fourth-order valence-electron chi connectivity index (χ4n) is 2.09. The molecule has 1 aliphatic rings. The van der Waals surface area contributed by atoms with Crippen LogP contribution < -0.4 is 5.32 Å². The molecule has 0 aromatic heterocycles. The molecule has 1 aromatic carbocycles. The number of benzene rings is 1. The van der Waals surface area contributed by atoms with Crippen LogP contribution in [-0.2, 0) is 9.53 Å². The molecule has 1 heterocycles. The van der Waals surface area contributed by atoms with E-state index in [1.165, 1.54) is 7.11 Å². The number of carbonyl (C=O) groups is 2. The molecule has 0 bridgehead atoms. The molecule has 7 heteroatoms. The summed E-state index contributed by atoms with van der Waals surface area (Å²) in [4.78, 5) is 27.0. The molecule has 114 valence electrons. The molecule has 1 fully saturated rings. The van der Waals surface area contributed by atoms with Gasteiger partial charge in [0.2, 0.25) is 0 Å². The molecule has 1 saturated heterocycles. The van der Waals surface area contributed by atoms with Crippen molar-refractivity contribution in [2.45, 2.75) is 0 Å². The average Bonchev–Trinajstić information content (AvgIpc) is 2.50. The number of urea groups is 1. The summed E-state index contributed by atoms with van der Waals surface area (Å²) < 4.78 is 4.63. The molecule has 0 aliphatic carbocycles. The largest absolute Gasteiger partial charge is 0.468 e. The Morgan fingerprint density at radius 1 is 1.19 bits per heavy atom. The second-order valence-corrected chi connectivity index (χ2v) is 5.21. The van der Waals surface area contributed by atoms with Gasteiger partial charge in [0.25, 0.3) is 0 Å². The van der Waals surface area contributed by atoms with Crippen LogP contribution in [0.2, 0.25) is 5.02 Å². The van der Waals surface area contributed by atoms with Gasteiger partial charge in [-0.05, 0) is 24.3 Å². The molecule has 6 nitrogen and oxygen atoms in total. The van der Waals surface area contributed by atoms with Gasteiger partial charge in [-0.2, -0.15) is 0 Å². The third-order valence-corrected chi connectivity index (χ3v) is 3.59. The van der Waals surface area contributed by atoms with Crippen molar-refractivity contribution in [3.05, 3.63) is 29.3 Å². The number of piperazine rings is 1. The average molecular weight is 312 g/mol. The van der Waals surface area contributed by atoms with E-state index in [2.05, 4.69) is 10.1 Å². The van der Waals surface area contributed by atoms with Gasteiger partial charge in [-0.3, -0.25) is 9.69 Å². The number of anilines is 1. The minimum atomic E-state index is -0.255. The van der Waals surface area contributed by atoms with Crippen molar-refractivity contribution in [2.75, 3.05) is 45.2 Å². The van der Waals surface area contributed by atoms with E-state index in [1.807, 2.05) is 4.90 Å². The lowest BCUT2D eigenvalue weighted by molar-refractivity contribution is -0.142. The number of nitrogens with one attached hydrogen (secondary N) is 1. The van der Waals surface area contributed by atoms with Gasteiger partial charge in [0.15, 0.2) is 0 Å². The Labute approximate surface area is 128 Å². The van der Waals surface area contributed by atoms with Gasteiger partial charge in [-0.1, -0.05) is 11.6 Å². The molecule has 0 saturated carbocycles. The third-order valence-electron chi connectivity index (χ3n) is 3.34. The maximum Gasteiger partial charge on any atom is 0.321 e. The number of halogens is 1. The van der Waals surface area contributed by atoms with Gasteiger partial charge in [0, 0.05) is 36.9 Å². The summed E-state index contributed by atoms with van der Waals surface area (Å²) in [5.74, 6) is -0.255. The van der Waals surface area contributed by atoms with E-state index in [0.29, 0.717) is 36.9 Å². The Morgan fingerprint density at radius 3 is 2.38 bits per heavy atom. The number of ether oxygens (including phenoxy) is 1. The van der Waals surface area contributed by atoms with Gasteiger partial charge >= 0.3 is 12.0 Å². The molecule has 21 heavy (non-hydrogen) atoms. The molecule has 1 aliphatic heterocycles. The van der Waals surface area contributed by atoms with E-state index in [9.17, 15) is 9.59 Å². The highest BCUT2D eigenvalue weighted by molar-refractivity contribution is 6.30. The number of methoxy groups -OCH3 is 1. The summed E-state index contributed by atoms with van der Waals surface area (Å²) in [5.41, 5.74) is 0.710. The summed E-state index contributed by atoms with van der Waals surface area (Å²) in [6, 6.07) is 6.83. The second kappa shape index (κ2) is 7.28. The first kappa shape index (κ1) is 15.6. The lowest BCUT2D eigenvalue weighted by Gasteiger charge is -2.33. The number of esters is 1. The fourth-order valence-corrected chi connectivity index (χ4v) is 2.22. The Balaban J connectivity index is 1.80. The smallest absolute Gasteiger partial charge is 0.321 e. The molecule has 1 aromatic rings. The lowest BCUT2D eigenvalue weighted by Crippen LogP contribution is -2.51. The highest BCUT2D eigenvalue weighted by Crippen LogP contribution is 2.14. The van der Waals surface area contributed by atoms with Gasteiger partial charge in [-0.15, -0.1) is 0 Å². The van der Waals surface area contributed by atoms with E-state index in [1.54, 1.807) is 29.2 Å². The third kappa shape index (κ3) is 4.61. The van der Waals surface area contributed by atoms with Gasteiger partial charge < -0.3 is 15.0 Å². The predicted molar refractivity (Wildman–Crippen MR) is 80.5 cm³/mol. The molecule has 0 unspecified atom stereocenters. The van der Waals surface area contributed by atoms with E-state index >= 15 is 0 Å². The number of hydrogen-bond acceptors (Lipinski definition) is 4. The van der Waals surface area contributed by atoms with Crippen molar-refractivity contribution < 1.29 is 14.3 Å². The highest BCUT2D eigenvalue weighted by Gasteiger charge is 2.22. The summed E-state index contributed by atoms with van der Waals surface area (Å²) in [7, 11) is 1.37. The number of nitrogens with zero attached hydrogens (tertiary/aromatic N) is 2. The Kier molecular flexibility index (Phi) is 5.41. The van der Waals surface area contributed by atoms with Gasteiger partial charge in [0.05, 0.1) is 13.7 Å². The van der Waals surface area contributed by atoms with E-state index in [4.69, 9.17) is 11.6 Å². The van der Waals surface area contributed by atoms with Crippen molar-refractivity contribution in [2.24, 2.45) is 0 Å². The van der Waals surface area contributed by atoms with Gasteiger partial charge in [0.1, 0.15) is 0 Å². The van der Waals surface area contributed by atoms with Crippen LogP contribution in [0.15, 0.2) is 24.3 Å². The summed E-state index contributed by atoms with van der Waals surface area (Å²) in [5, 5.41) is 3.45. The molecule has 2 amide bonds. The van der Waals surface area contributed by atoms with Crippen molar-refractivity contribution in [1.82, 2.24) is 9.80 Å². The minimum absolute atomic E-state index is 0.143. The maximum absolute atomic E-state index is 12.1. The lowest BCUT2D eigenvalue weighted by atomic mass is 10.3. The van der Waals surface area contributed by atoms with Crippen LogP contribution in [0.3, 0.4) is 0 Å². The molecular weight excluding hydrogens is 294 g/mol. The first-order valence-electron chi connectivity index (χ1n) is 6.69. The Morgan fingerprint density at radius 2 is 1.81 bits per heavy atom. The van der Waals surface area contributed by atoms with Crippen LogP contribution in [-0.4, -0.2) is 61.6 Å². The zero-order valence-corrected chi connectivity index (χ0v) is 12.6. The van der Waals surface area contributed by atoms with E-state index < -0.39 is 0 Å². The monoisotopic (exact) mass is 311 g/mol. The van der Waals surface area contributed by atoms with Crippen molar-refractivity contribution in [3.63, 3.8) is 0 Å². The van der Waals surface area contributed by atoms with Crippen LogP contribution in [0.5, 0.6) is 0 Å². The first-order chi connectivity index (χ1) is 10.1. The Bertz CT molecular complexity index is 499. The van der Waals surface area contributed by atoms with Crippen LogP contribution >= 0.6 is 11.6 Å². The molecule has 0 spiro atoms. The number of amides is 2. The normalized spacial score (nSPS) is 15.6. The number of rotatable bonds is 3. The zero-order chi connectivity index (χ0) is 15.2. The molecular formula is C14H18ClN3O3. The van der Waals surface area contributed by atoms with Crippen LogP contribution in [0.25, 0.3) is 0 Å². The fraction of sp³-hybridized carbons (Fsp3) is 0.429. The van der Waals surface area contributed by atoms with E-state index in [0.717, 1.165) is 0 Å². The molecule has 1 N–H and O–H groups in total. The van der Waals surface area contributed by atoms with E-state index in [-0.39, 0.29) is 18.5 Å². The zero-order valence-electron chi connectivity index (χ0n) is 11.8. The summed E-state index contributed by atoms with van der Waals surface area (Å²) in [6.07, 6.45) is 0. The second-order valence-electron chi connectivity index (χ2n) is 4.78. The van der Waals surface area contributed by atoms with Crippen molar-refractivity contribution in [1.29, 1.82) is 0 Å². The SMILES string of the molecule is COC(=O)CN1CCN(C(=O)Nc2ccc(Cl)cc2)CC1. The predicted octanol–water partition coefficient (Wildman–Crippen LogP) is 1.66. The molecule has 2 rings (SSSR count). The topological polar surface area (TPSA) is 61.9 Å². The van der Waals surface area contributed by atoms with Crippen LogP contribution in [0.4, 0.5) is 10.5 Å². The number of carbonyl (C=O) groups excluding carboxylic acids is 2. The maximum atomic E-state index is 12.1. The molecule has 0 radical (unpaired) electrons.